The first-order valence-electron chi connectivity index (χ1n) is 6.89. The number of benzene rings is 1. The second-order valence-electron chi connectivity index (χ2n) is 5.63. The highest BCUT2D eigenvalue weighted by Gasteiger charge is 2.19. The molecule has 0 radical (unpaired) electrons. The lowest BCUT2D eigenvalue weighted by Crippen LogP contribution is -2.39. The lowest BCUT2D eigenvalue weighted by molar-refractivity contribution is 0.412. The molecule has 1 unspecified atom stereocenters. The molecule has 1 aromatic carbocycles. The topological polar surface area (TPSA) is 53.1 Å². The minimum absolute atomic E-state index is 0.223. The van der Waals surface area contributed by atoms with Gasteiger partial charge in [0.15, 0.2) is 0 Å². The summed E-state index contributed by atoms with van der Waals surface area (Å²) in [5.41, 5.74) is 8.66. The van der Waals surface area contributed by atoms with Crippen molar-refractivity contribution in [2.45, 2.75) is 31.7 Å². The summed E-state index contributed by atoms with van der Waals surface area (Å²) < 4.78 is 7.07. The van der Waals surface area contributed by atoms with Crippen LogP contribution in [0.15, 0.2) is 36.5 Å². The van der Waals surface area contributed by atoms with E-state index in [0.29, 0.717) is 0 Å². The molecule has 2 rings (SSSR count). The Labute approximate surface area is 120 Å². The Hall–Kier alpha value is -1.81. The van der Waals surface area contributed by atoms with Gasteiger partial charge in [0.1, 0.15) is 5.75 Å². The summed E-state index contributed by atoms with van der Waals surface area (Å²) in [6.07, 6.45) is 4.56. The second-order valence-corrected chi connectivity index (χ2v) is 5.63. The van der Waals surface area contributed by atoms with Gasteiger partial charge in [0, 0.05) is 24.5 Å². The standard InChI is InChI=1S/C16H23N3O/c1-16(17,10-8-14-9-11-18-19(14)2)12-13-4-6-15(20-3)7-5-13/h4-7,9,11H,8,10,12,17H2,1-3H3. The Balaban J connectivity index is 1.94. The Morgan fingerprint density at radius 1 is 1.25 bits per heavy atom. The predicted octanol–water partition coefficient (Wildman–Crippen LogP) is 2.32. The first-order valence-corrected chi connectivity index (χ1v) is 6.89. The van der Waals surface area contributed by atoms with E-state index >= 15 is 0 Å². The molecule has 0 bridgehead atoms. The van der Waals surface area contributed by atoms with Gasteiger partial charge in [-0.2, -0.15) is 5.10 Å². The molecule has 2 N–H and O–H groups in total. The third-order valence-corrected chi connectivity index (χ3v) is 3.64. The Bertz CT molecular complexity index is 543. The van der Waals surface area contributed by atoms with Crippen molar-refractivity contribution in [3.05, 3.63) is 47.8 Å². The van der Waals surface area contributed by atoms with Crippen molar-refractivity contribution in [3.8, 4) is 5.75 Å². The highest BCUT2D eigenvalue weighted by atomic mass is 16.5. The molecule has 0 saturated carbocycles. The summed E-state index contributed by atoms with van der Waals surface area (Å²) >= 11 is 0. The van der Waals surface area contributed by atoms with Crippen molar-refractivity contribution in [3.63, 3.8) is 0 Å². The van der Waals surface area contributed by atoms with E-state index in [1.54, 1.807) is 7.11 Å². The molecular formula is C16H23N3O. The smallest absolute Gasteiger partial charge is 0.118 e. The number of rotatable bonds is 6. The fourth-order valence-electron chi connectivity index (χ4n) is 2.36. The van der Waals surface area contributed by atoms with Crippen LogP contribution in [0.2, 0.25) is 0 Å². The van der Waals surface area contributed by atoms with E-state index in [4.69, 9.17) is 10.5 Å². The molecule has 1 heterocycles. The summed E-state index contributed by atoms with van der Waals surface area (Å²) in [7, 11) is 3.64. The molecule has 108 valence electrons. The molecule has 0 saturated heterocycles. The molecule has 0 amide bonds. The molecule has 4 heteroatoms. The normalized spacial score (nSPS) is 14.0. The first-order chi connectivity index (χ1) is 9.50. The predicted molar refractivity (Wildman–Crippen MR) is 80.8 cm³/mol. The molecule has 20 heavy (non-hydrogen) atoms. The van der Waals surface area contributed by atoms with Gasteiger partial charge in [-0.1, -0.05) is 12.1 Å². The van der Waals surface area contributed by atoms with Crippen molar-refractivity contribution in [1.82, 2.24) is 9.78 Å². The number of nitrogens with zero attached hydrogens (tertiary/aromatic N) is 2. The summed E-state index contributed by atoms with van der Waals surface area (Å²) in [6.45, 7) is 2.10. The zero-order valence-corrected chi connectivity index (χ0v) is 12.5. The quantitative estimate of drug-likeness (QED) is 0.878. The molecule has 2 aromatic rings. The highest BCUT2D eigenvalue weighted by molar-refractivity contribution is 5.28. The van der Waals surface area contributed by atoms with Crippen LogP contribution >= 0.6 is 0 Å². The van der Waals surface area contributed by atoms with Crippen molar-refractivity contribution < 1.29 is 4.74 Å². The van der Waals surface area contributed by atoms with Gasteiger partial charge in [0.05, 0.1) is 7.11 Å². The molecule has 0 aliphatic rings. The van der Waals surface area contributed by atoms with Crippen LogP contribution in [0.4, 0.5) is 0 Å². The Morgan fingerprint density at radius 3 is 2.50 bits per heavy atom. The molecular weight excluding hydrogens is 250 g/mol. The minimum atomic E-state index is -0.223. The van der Waals surface area contributed by atoms with E-state index in [0.717, 1.165) is 25.0 Å². The number of ether oxygens (including phenoxy) is 1. The average Bonchev–Trinajstić information content (AvgIpc) is 2.83. The number of aryl methyl sites for hydroxylation is 2. The van der Waals surface area contributed by atoms with Gasteiger partial charge in [-0.15, -0.1) is 0 Å². The van der Waals surface area contributed by atoms with Crippen LogP contribution in [0.3, 0.4) is 0 Å². The van der Waals surface area contributed by atoms with Crippen LogP contribution in [-0.2, 0) is 19.9 Å². The van der Waals surface area contributed by atoms with Crippen molar-refractivity contribution in [1.29, 1.82) is 0 Å². The minimum Gasteiger partial charge on any atom is -0.497 e. The Morgan fingerprint density at radius 2 is 1.95 bits per heavy atom. The maximum atomic E-state index is 6.43. The molecule has 0 spiro atoms. The molecule has 0 aliphatic carbocycles. The molecule has 1 aromatic heterocycles. The zero-order valence-electron chi connectivity index (χ0n) is 12.5. The van der Waals surface area contributed by atoms with Gasteiger partial charge < -0.3 is 10.5 Å². The van der Waals surface area contributed by atoms with Crippen LogP contribution in [0.1, 0.15) is 24.6 Å². The molecule has 4 nitrogen and oxygen atoms in total. The van der Waals surface area contributed by atoms with E-state index in [2.05, 4.69) is 24.2 Å². The maximum absolute atomic E-state index is 6.43. The average molecular weight is 273 g/mol. The summed E-state index contributed by atoms with van der Waals surface area (Å²) in [6, 6.07) is 10.2. The molecule has 0 fully saturated rings. The van der Waals surface area contributed by atoms with Crippen molar-refractivity contribution >= 4 is 0 Å². The van der Waals surface area contributed by atoms with Gasteiger partial charge >= 0.3 is 0 Å². The second kappa shape index (κ2) is 6.09. The van der Waals surface area contributed by atoms with E-state index in [-0.39, 0.29) is 5.54 Å². The van der Waals surface area contributed by atoms with Crippen molar-refractivity contribution in [2.24, 2.45) is 12.8 Å². The van der Waals surface area contributed by atoms with Crippen LogP contribution in [-0.4, -0.2) is 22.4 Å². The van der Waals surface area contributed by atoms with E-state index in [1.807, 2.05) is 36.1 Å². The number of hydrogen-bond donors (Lipinski definition) is 1. The summed E-state index contributed by atoms with van der Waals surface area (Å²) in [4.78, 5) is 0. The highest BCUT2D eigenvalue weighted by Crippen LogP contribution is 2.19. The Kier molecular flexibility index (Phi) is 4.45. The van der Waals surface area contributed by atoms with E-state index in [1.165, 1.54) is 11.3 Å². The third-order valence-electron chi connectivity index (χ3n) is 3.64. The van der Waals surface area contributed by atoms with Gasteiger partial charge in [0.2, 0.25) is 0 Å². The SMILES string of the molecule is COc1ccc(CC(C)(N)CCc2ccnn2C)cc1. The summed E-state index contributed by atoms with van der Waals surface area (Å²) in [5, 5.41) is 4.18. The van der Waals surface area contributed by atoms with Crippen LogP contribution in [0.25, 0.3) is 0 Å². The van der Waals surface area contributed by atoms with E-state index < -0.39 is 0 Å². The fourth-order valence-corrected chi connectivity index (χ4v) is 2.36. The van der Waals surface area contributed by atoms with E-state index in [9.17, 15) is 0 Å². The molecule has 0 aliphatic heterocycles. The largest absolute Gasteiger partial charge is 0.497 e. The van der Waals surface area contributed by atoms with Crippen molar-refractivity contribution in [2.75, 3.05) is 7.11 Å². The maximum Gasteiger partial charge on any atom is 0.118 e. The third kappa shape index (κ3) is 3.84. The van der Waals surface area contributed by atoms with Gasteiger partial charge in [0.25, 0.3) is 0 Å². The van der Waals surface area contributed by atoms with Gasteiger partial charge in [-0.25, -0.2) is 0 Å². The lowest BCUT2D eigenvalue weighted by atomic mass is 9.89. The summed E-state index contributed by atoms with van der Waals surface area (Å²) in [5.74, 6) is 0.877. The zero-order chi connectivity index (χ0) is 14.6. The number of methoxy groups -OCH3 is 1. The number of aromatic nitrogens is 2. The molecule has 1 atom stereocenters. The van der Waals surface area contributed by atoms with Crippen LogP contribution < -0.4 is 10.5 Å². The number of nitrogens with two attached hydrogens (primary N) is 1. The van der Waals surface area contributed by atoms with Crippen LogP contribution in [0.5, 0.6) is 5.75 Å². The lowest BCUT2D eigenvalue weighted by Gasteiger charge is -2.25. The fraction of sp³-hybridized carbons (Fsp3) is 0.438. The monoisotopic (exact) mass is 273 g/mol. The van der Waals surface area contributed by atoms with Gasteiger partial charge in [-0.05, 0) is 49.9 Å². The van der Waals surface area contributed by atoms with Crippen LogP contribution in [0, 0.1) is 0 Å². The first kappa shape index (κ1) is 14.6. The van der Waals surface area contributed by atoms with Gasteiger partial charge in [-0.3, -0.25) is 4.68 Å². The number of hydrogen-bond acceptors (Lipinski definition) is 3.